The van der Waals surface area contributed by atoms with Crippen molar-refractivity contribution in [1.29, 1.82) is 0 Å². The molecule has 0 aliphatic carbocycles. The van der Waals surface area contributed by atoms with Crippen molar-refractivity contribution in [3.63, 3.8) is 0 Å². The normalized spacial score (nSPS) is 19.8. The number of benzene rings is 1. The second-order valence-electron chi connectivity index (χ2n) is 5.28. The summed E-state index contributed by atoms with van der Waals surface area (Å²) in [4.78, 5) is 13.1. The lowest BCUT2D eigenvalue weighted by atomic mass is 10.2. The van der Waals surface area contributed by atoms with Gasteiger partial charge in [-0.05, 0) is 50.9 Å². The van der Waals surface area contributed by atoms with Gasteiger partial charge in [0, 0.05) is 6.54 Å². The molecule has 1 aromatic carbocycles. The molecule has 4 heteroatoms. The van der Waals surface area contributed by atoms with Crippen LogP contribution in [0.2, 0.25) is 0 Å². The van der Waals surface area contributed by atoms with Gasteiger partial charge in [-0.3, -0.25) is 9.69 Å². The molecule has 104 valence electrons. The van der Waals surface area contributed by atoms with Gasteiger partial charge in [0.1, 0.15) is 11.8 Å². The summed E-state index contributed by atoms with van der Waals surface area (Å²) in [6.07, 6.45) is 1.89. The van der Waals surface area contributed by atoms with E-state index in [0.29, 0.717) is 6.54 Å². The third-order valence-corrected chi connectivity index (χ3v) is 3.33. The fourth-order valence-electron chi connectivity index (χ4n) is 2.48. The zero-order valence-corrected chi connectivity index (χ0v) is 11.5. The molecular weight excluding hydrogens is 242 g/mol. The van der Waals surface area contributed by atoms with E-state index in [1.165, 1.54) is 0 Å². The summed E-state index contributed by atoms with van der Waals surface area (Å²) < 4.78 is 5.59. The van der Waals surface area contributed by atoms with Crippen LogP contribution in [0.15, 0.2) is 24.3 Å². The van der Waals surface area contributed by atoms with Crippen molar-refractivity contribution in [2.45, 2.75) is 45.4 Å². The molecule has 1 heterocycles. The summed E-state index contributed by atoms with van der Waals surface area (Å²) in [5.74, 6) is 0.146. The van der Waals surface area contributed by atoms with Crippen LogP contribution in [0.3, 0.4) is 0 Å². The minimum Gasteiger partial charge on any atom is -0.491 e. The van der Waals surface area contributed by atoms with E-state index in [1.807, 2.05) is 43.0 Å². The van der Waals surface area contributed by atoms with Gasteiger partial charge in [-0.15, -0.1) is 0 Å². The summed E-state index contributed by atoms with van der Waals surface area (Å²) in [5, 5.41) is 9.14. The number of rotatable bonds is 5. The molecule has 4 nitrogen and oxygen atoms in total. The lowest BCUT2D eigenvalue weighted by Gasteiger charge is -2.21. The predicted octanol–water partition coefficient (Wildman–Crippen LogP) is 2.52. The van der Waals surface area contributed by atoms with Gasteiger partial charge in [-0.25, -0.2) is 0 Å². The van der Waals surface area contributed by atoms with E-state index in [4.69, 9.17) is 9.84 Å². The van der Waals surface area contributed by atoms with Gasteiger partial charge in [0.2, 0.25) is 0 Å². The van der Waals surface area contributed by atoms with Crippen LogP contribution in [0.1, 0.15) is 32.3 Å². The lowest BCUT2D eigenvalue weighted by molar-refractivity contribution is -0.142. The van der Waals surface area contributed by atoms with E-state index in [-0.39, 0.29) is 12.1 Å². The molecule has 1 aromatic rings. The number of aliphatic carboxylic acids is 1. The van der Waals surface area contributed by atoms with Crippen molar-refractivity contribution < 1.29 is 14.6 Å². The van der Waals surface area contributed by atoms with Crippen molar-refractivity contribution in [1.82, 2.24) is 4.90 Å². The number of carboxylic acid groups (broad SMARTS) is 1. The van der Waals surface area contributed by atoms with Crippen LogP contribution in [0.25, 0.3) is 0 Å². The maximum Gasteiger partial charge on any atom is 0.320 e. The third-order valence-electron chi connectivity index (χ3n) is 3.33. The van der Waals surface area contributed by atoms with Crippen LogP contribution in [0, 0.1) is 0 Å². The molecule has 0 unspecified atom stereocenters. The standard InChI is InChI=1S/C15H21NO3/c1-11(2)19-13-7-5-12(6-8-13)10-16-9-3-4-14(16)15(17)18/h5-8,11,14H,3-4,9-10H2,1-2H3,(H,17,18)/t14-/m0/s1. The summed E-state index contributed by atoms with van der Waals surface area (Å²) in [5.41, 5.74) is 1.13. The first-order chi connectivity index (χ1) is 9.06. The Labute approximate surface area is 114 Å². The lowest BCUT2D eigenvalue weighted by Crippen LogP contribution is -2.35. The first-order valence-corrected chi connectivity index (χ1v) is 6.78. The highest BCUT2D eigenvalue weighted by Gasteiger charge is 2.30. The average Bonchev–Trinajstić information content (AvgIpc) is 2.79. The fourth-order valence-corrected chi connectivity index (χ4v) is 2.48. The Kier molecular flexibility index (Phi) is 4.43. The molecule has 1 aliphatic rings. The number of nitrogens with zero attached hydrogens (tertiary/aromatic N) is 1. The van der Waals surface area contributed by atoms with Crippen LogP contribution >= 0.6 is 0 Å². The number of ether oxygens (including phenoxy) is 1. The average molecular weight is 263 g/mol. The van der Waals surface area contributed by atoms with Crippen LogP contribution in [0.5, 0.6) is 5.75 Å². The Balaban J connectivity index is 1.97. The SMILES string of the molecule is CC(C)Oc1ccc(CN2CCC[C@H]2C(=O)O)cc1. The minimum absolute atomic E-state index is 0.167. The van der Waals surface area contributed by atoms with E-state index < -0.39 is 5.97 Å². The molecule has 0 spiro atoms. The van der Waals surface area contributed by atoms with E-state index in [1.54, 1.807) is 0 Å². The molecule has 1 aliphatic heterocycles. The largest absolute Gasteiger partial charge is 0.491 e. The quantitative estimate of drug-likeness (QED) is 0.887. The molecule has 1 saturated heterocycles. The maximum absolute atomic E-state index is 11.1. The molecule has 0 saturated carbocycles. The van der Waals surface area contributed by atoms with Crippen molar-refractivity contribution in [3.05, 3.63) is 29.8 Å². The monoisotopic (exact) mass is 263 g/mol. The highest BCUT2D eigenvalue weighted by Crippen LogP contribution is 2.21. The summed E-state index contributed by atoms with van der Waals surface area (Å²) in [6, 6.07) is 7.58. The van der Waals surface area contributed by atoms with Gasteiger partial charge in [-0.1, -0.05) is 12.1 Å². The number of hydrogen-bond donors (Lipinski definition) is 1. The van der Waals surface area contributed by atoms with E-state index >= 15 is 0 Å². The van der Waals surface area contributed by atoms with Crippen LogP contribution in [-0.4, -0.2) is 34.7 Å². The highest BCUT2D eigenvalue weighted by molar-refractivity contribution is 5.73. The van der Waals surface area contributed by atoms with Gasteiger partial charge < -0.3 is 9.84 Å². The van der Waals surface area contributed by atoms with Crippen molar-refractivity contribution in [2.24, 2.45) is 0 Å². The molecule has 0 bridgehead atoms. The van der Waals surface area contributed by atoms with Crippen LogP contribution < -0.4 is 4.74 Å². The van der Waals surface area contributed by atoms with Crippen LogP contribution in [0.4, 0.5) is 0 Å². The maximum atomic E-state index is 11.1. The Hall–Kier alpha value is -1.55. The van der Waals surface area contributed by atoms with Gasteiger partial charge in [0.25, 0.3) is 0 Å². The van der Waals surface area contributed by atoms with Gasteiger partial charge in [-0.2, -0.15) is 0 Å². The molecule has 0 radical (unpaired) electrons. The molecule has 2 rings (SSSR count). The molecule has 0 aromatic heterocycles. The highest BCUT2D eigenvalue weighted by atomic mass is 16.5. The molecule has 19 heavy (non-hydrogen) atoms. The zero-order valence-electron chi connectivity index (χ0n) is 11.5. The van der Waals surface area contributed by atoms with E-state index in [0.717, 1.165) is 30.7 Å². The molecule has 1 N–H and O–H groups in total. The summed E-state index contributed by atoms with van der Waals surface area (Å²) in [6.45, 7) is 5.55. The summed E-state index contributed by atoms with van der Waals surface area (Å²) >= 11 is 0. The minimum atomic E-state index is -0.711. The van der Waals surface area contributed by atoms with Gasteiger partial charge in [0.05, 0.1) is 6.10 Å². The van der Waals surface area contributed by atoms with E-state index in [9.17, 15) is 4.79 Å². The van der Waals surface area contributed by atoms with Crippen molar-refractivity contribution in [2.75, 3.05) is 6.54 Å². The molecule has 1 fully saturated rings. The second kappa shape index (κ2) is 6.06. The number of hydrogen-bond acceptors (Lipinski definition) is 3. The zero-order chi connectivity index (χ0) is 13.8. The molecule has 1 atom stereocenters. The fraction of sp³-hybridized carbons (Fsp3) is 0.533. The predicted molar refractivity (Wildman–Crippen MR) is 73.3 cm³/mol. The molecular formula is C15H21NO3. The van der Waals surface area contributed by atoms with Crippen LogP contribution in [-0.2, 0) is 11.3 Å². The van der Waals surface area contributed by atoms with Crippen molar-refractivity contribution >= 4 is 5.97 Å². The Morgan fingerprint density at radius 2 is 2.11 bits per heavy atom. The Morgan fingerprint density at radius 1 is 1.42 bits per heavy atom. The third kappa shape index (κ3) is 3.70. The number of likely N-dealkylation sites (tertiary alicyclic amines) is 1. The Bertz CT molecular complexity index is 428. The first kappa shape index (κ1) is 13.9. The van der Waals surface area contributed by atoms with E-state index in [2.05, 4.69) is 0 Å². The second-order valence-corrected chi connectivity index (χ2v) is 5.28. The topological polar surface area (TPSA) is 49.8 Å². The number of carboxylic acids is 1. The molecule has 0 amide bonds. The van der Waals surface area contributed by atoms with Gasteiger partial charge in [0.15, 0.2) is 0 Å². The summed E-state index contributed by atoms with van der Waals surface area (Å²) in [7, 11) is 0. The first-order valence-electron chi connectivity index (χ1n) is 6.78. The van der Waals surface area contributed by atoms with Gasteiger partial charge >= 0.3 is 5.97 Å². The van der Waals surface area contributed by atoms with Crippen molar-refractivity contribution in [3.8, 4) is 5.75 Å². The Morgan fingerprint density at radius 3 is 2.68 bits per heavy atom. The smallest absolute Gasteiger partial charge is 0.320 e. The number of carbonyl (C=O) groups is 1.